The van der Waals surface area contributed by atoms with E-state index in [1.807, 2.05) is 0 Å². The minimum Gasteiger partial charge on any atom is -0.382 e. The molecule has 2 rings (SSSR count). The Morgan fingerprint density at radius 3 is 1.71 bits per heavy atom. The van der Waals surface area contributed by atoms with E-state index < -0.39 is 0 Å². The topological polar surface area (TPSA) is 38.7 Å². The number of ether oxygens (including phenoxy) is 2. The molecule has 0 aliphatic rings. The smallest absolute Gasteiger partial charge is 0.143 e. The average molecular weight is 234 g/mol. The molecule has 0 unspecified atom stereocenters. The summed E-state index contributed by atoms with van der Waals surface area (Å²) in [4.78, 5) is 0. The number of rotatable bonds is 4. The van der Waals surface area contributed by atoms with Crippen LogP contribution in [0.2, 0.25) is 0 Å². The van der Waals surface area contributed by atoms with E-state index in [0.29, 0.717) is 13.2 Å². The molecule has 0 heterocycles. The predicted octanol–water partition coefficient (Wildman–Crippen LogP) is 2.44. The third-order valence-electron chi connectivity index (χ3n) is 2.18. The Morgan fingerprint density at radius 2 is 1.35 bits per heavy atom. The molecule has 3 nitrogen and oxygen atoms in total. The number of fused-ring (bicyclic) bond motifs is 1. The first-order valence-corrected chi connectivity index (χ1v) is 5.50. The van der Waals surface area contributed by atoms with Gasteiger partial charge in [0.1, 0.15) is 6.79 Å². The van der Waals surface area contributed by atoms with Crippen LogP contribution in [0.5, 0.6) is 0 Å². The minimum atomic E-state index is -0.219. The minimum absolute atomic E-state index is 0.219. The van der Waals surface area contributed by atoms with Crippen LogP contribution in [0.3, 0.4) is 0 Å². The van der Waals surface area contributed by atoms with E-state index in [1.165, 1.54) is 10.8 Å². The van der Waals surface area contributed by atoms with Crippen LogP contribution in [0, 0.1) is 0 Å². The predicted molar refractivity (Wildman–Crippen MR) is 68.9 cm³/mol. The second kappa shape index (κ2) is 8.70. The number of hydrogen-bond donors (Lipinski definition) is 1. The Labute approximate surface area is 102 Å². The lowest BCUT2D eigenvalue weighted by Crippen LogP contribution is -2.01. The molecule has 0 aliphatic carbocycles. The van der Waals surface area contributed by atoms with Gasteiger partial charge in [-0.3, -0.25) is 0 Å². The molecule has 92 valence electrons. The maximum Gasteiger partial charge on any atom is 0.143 e. The van der Waals surface area contributed by atoms with Gasteiger partial charge in [-0.2, -0.15) is 0 Å². The van der Waals surface area contributed by atoms with Crippen molar-refractivity contribution >= 4 is 10.8 Å². The number of aliphatic hydroxyl groups is 1. The SMILES string of the molecule is COCCOCO.c1ccc2ccccc2c1. The van der Waals surface area contributed by atoms with E-state index in [0.717, 1.165) is 0 Å². The Kier molecular flexibility index (Phi) is 6.98. The van der Waals surface area contributed by atoms with Crippen LogP contribution in [0.15, 0.2) is 48.5 Å². The molecule has 0 saturated carbocycles. The molecule has 0 amide bonds. The lowest BCUT2D eigenvalue weighted by Gasteiger charge is -1.95. The summed E-state index contributed by atoms with van der Waals surface area (Å²) in [5.74, 6) is 0. The van der Waals surface area contributed by atoms with E-state index in [-0.39, 0.29) is 6.79 Å². The molecule has 3 heteroatoms. The maximum atomic E-state index is 8.02. The summed E-state index contributed by atoms with van der Waals surface area (Å²) in [7, 11) is 1.58. The van der Waals surface area contributed by atoms with E-state index in [9.17, 15) is 0 Å². The third kappa shape index (κ3) is 5.45. The molecular weight excluding hydrogens is 216 g/mol. The Balaban J connectivity index is 0.000000185. The van der Waals surface area contributed by atoms with Crippen molar-refractivity contribution in [1.82, 2.24) is 0 Å². The van der Waals surface area contributed by atoms with Crippen LogP contribution in [-0.2, 0) is 9.47 Å². The van der Waals surface area contributed by atoms with E-state index in [2.05, 4.69) is 58.0 Å². The summed E-state index contributed by atoms with van der Waals surface area (Å²) in [6.45, 7) is 0.789. The highest BCUT2D eigenvalue weighted by Crippen LogP contribution is 2.11. The summed E-state index contributed by atoms with van der Waals surface area (Å²) >= 11 is 0. The number of methoxy groups -OCH3 is 1. The zero-order valence-electron chi connectivity index (χ0n) is 10.0. The molecule has 0 bridgehead atoms. The molecule has 0 fully saturated rings. The monoisotopic (exact) mass is 234 g/mol. The van der Waals surface area contributed by atoms with Gasteiger partial charge >= 0.3 is 0 Å². The van der Waals surface area contributed by atoms with Gasteiger partial charge in [-0.05, 0) is 10.8 Å². The van der Waals surface area contributed by atoms with Crippen molar-refractivity contribution in [2.24, 2.45) is 0 Å². The third-order valence-corrected chi connectivity index (χ3v) is 2.18. The summed E-state index contributed by atoms with van der Waals surface area (Å²) in [6.07, 6.45) is 0. The fourth-order valence-corrected chi connectivity index (χ4v) is 1.34. The van der Waals surface area contributed by atoms with Crippen LogP contribution in [0.4, 0.5) is 0 Å². The van der Waals surface area contributed by atoms with Crippen LogP contribution in [-0.4, -0.2) is 32.2 Å². The van der Waals surface area contributed by atoms with Gasteiger partial charge < -0.3 is 14.6 Å². The Hall–Kier alpha value is -1.42. The van der Waals surface area contributed by atoms with E-state index in [1.54, 1.807) is 7.11 Å². The molecule has 0 atom stereocenters. The molecule has 2 aromatic rings. The van der Waals surface area contributed by atoms with Crippen molar-refractivity contribution in [3.8, 4) is 0 Å². The van der Waals surface area contributed by atoms with Gasteiger partial charge in [-0.15, -0.1) is 0 Å². The number of hydrogen-bond acceptors (Lipinski definition) is 3. The van der Waals surface area contributed by atoms with Gasteiger partial charge in [0.25, 0.3) is 0 Å². The van der Waals surface area contributed by atoms with Crippen molar-refractivity contribution in [2.75, 3.05) is 27.1 Å². The molecule has 0 spiro atoms. The molecule has 1 N–H and O–H groups in total. The van der Waals surface area contributed by atoms with Crippen LogP contribution in [0.25, 0.3) is 10.8 Å². The van der Waals surface area contributed by atoms with Crippen molar-refractivity contribution in [3.05, 3.63) is 48.5 Å². The van der Waals surface area contributed by atoms with Crippen molar-refractivity contribution in [3.63, 3.8) is 0 Å². The molecule has 2 aromatic carbocycles. The van der Waals surface area contributed by atoms with Gasteiger partial charge in [-0.25, -0.2) is 0 Å². The van der Waals surface area contributed by atoms with E-state index >= 15 is 0 Å². The Bertz CT molecular complexity index is 345. The summed E-state index contributed by atoms with van der Waals surface area (Å²) in [5.41, 5.74) is 0. The van der Waals surface area contributed by atoms with Crippen LogP contribution < -0.4 is 0 Å². The quantitative estimate of drug-likeness (QED) is 0.652. The largest absolute Gasteiger partial charge is 0.382 e. The van der Waals surface area contributed by atoms with Crippen LogP contribution in [0.1, 0.15) is 0 Å². The maximum absolute atomic E-state index is 8.02. The standard InChI is InChI=1S/C10H8.C4H10O3/c1-2-6-10-8-4-3-7-9(10)5-1;1-6-2-3-7-4-5/h1-8H;5H,2-4H2,1H3. The van der Waals surface area contributed by atoms with Gasteiger partial charge in [0.05, 0.1) is 13.2 Å². The zero-order chi connectivity index (χ0) is 12.3. The molecule has 0 radical (unpaired) electrons. The zero-order valence-corrected chi connectivity index (χ0v) is 10.0. The van der Waals surface area contributed by atoms with Crippen molar-refractivity contribution in [2.45, 2.75) is 0 Å². The fraction of sp³-hybridized carbons (Fsp3) is 0.286. The lowest BCUT2D eigenvalue weighted by atomic mass is 10.1. The fourth-order valence-electron chi connectivity index (χ4n) is 1.34. The van der Waals surface area contributed by atoms with E-state index in [4.69, 9.17) is 5.11 Å². The molecule has 0 saturated heterocycles. The highest BCUT2D eigenvalue weighted by atomic mass is 16.6. The first kappa shape index (κ1) is 13.6. The van der Waals surface area contributed by atoms with Crippen molar-refractivity contribution in [1.29, 1.82) is 0 Å². The Morgan fingerprint density at radius 1 is 0.882 bits per heavy atom. The van der Waals surface area contributed by atoms with Gasteiger partial charge in [0.2, 0.25) is 0 Å². The summed E-state index contributed by atoms with van der Waals surface area (Å²) in [5, 5.41) is 10.6. The van der Waals surface area contributed by atoms with Crippen molar-refractivity contribution < 1.29 is 14.6 Å². The molecular formula is C14H18O3. The van der Waals surface area contributed by atoms with Crippen LogP contribution >= 0.6 is 0 Å². The number of aliphatic hydroxyl groups excluding tert-OH is 1. The first-order chi connectivity index (χ1) is 8.38. The normalized spacial score (nSPS) is 9.76. The second-order valence-electron chi connectivity index (χ2n) is 3.38. The number of benzene rings is 2. The highest BCUT2D eigenvalue weighted by Gasteiger charge is 1.85. The first-order valence-electron chi connectivity index (χ1n) is 5.50. The van der Waals surface area contributed by atoms with Gasteiger partial charge in [0.15, 0.2) is 0 Å². The molecule has 0 aliphatic heterocycles. The lowest BCUT2D eigenvalue weighted by molar-refractivity contribution is -0.0221. The second-order valence-corrected chi connectivity index (χ2v) is 3.38. The molecule has 0 aromatic heterocycles. The molecule has 17 heavy (non-hydrogen) atoms. The van der Waals surface area contributed by atoms with Gasteiger partial charge in [0, 0.05) is 7.11 Å². The van der Waals surface area contributed by atoms with Gasteiger partial charge in [-0.1, -0.05) is 48.5 Å². The summed E-state index contributed by atoms with van der Waals surface area (Å²) < 4.78 is 9.11. The highest BCUT2D eigenvalue weighted by molar-refractivity contribution is 5.81. The average Bonchev–Trinajstić information content (AvgIpc) is 2.40. The summed E-state index contributed by atoms with van der Waals surface area (Å²) in [6, 6.07) is 16.7.